The van der Waals surface area contributed by atoms with E-state index in [2.05, 4.69) is 21.9 Å². The summed E-state index contributed by atoms with van der Waals surface area (Å²) in [6.45, 7) is 3.90. The molecule has 22 heavy (non-hydrogen) atoms. The summed E-state index contributed by atoms with van der Waals surface area (Å²) >= 11 is 0. The lowest BCUT2D eigenvalue weighted by Crippen LogP contribution is -2.41. The zero-order valence-electron chi connectivity index (χ0n) is 12.6. The summed E-state index contributed by atoms with van der Waals surface area (Å²) in [5, 5.41) is 0. The normalized spacial score (nSPS) is 24.2. The molecule has 2 heterocycles. The van der Waals surface area contributed by atoms with Gasteiger partial charge in [0.05, 0.1) is 12.9 Å². The molecule has 2 aromatic rings. The molecule has 3 N–H and O–H groups in total. The monoisotopic (exact) mass is 305 g/mol. The second kappa shape index (κ2) is 5.43. The molecule has 1 aliphatic carbocycles. The van der Waals surface area contributed by atoms with Gasteiger partial charge in [-0.1, -0.05) is 13.3 Å². The highest BCUT2D eigenvalue weighted by atomic mass is 16.5. The second-order valence-electron chi connectivity index (χ2n) is 5.71. The van der Waals surface area contributed by atoms with Gasteiger partial charge in [0.15, 0.2) is 11.2 Å². The summed E-state index contributed by atoms with van der Waals surface area (Å²) < 4.78 is 7.06. The molecule has 0 amide bonds. The Hall–Kier alpha value is -2.38. The lowest BCUT2D eigenvalue weighted by Gasteiger charge is -2.44. The fourth-order valence-corrected chi connectivity index (χ4v) is 3.21. The van der Waals surface area contributed by atoms with Crippen LogP contribution in [0.4, 0.5) is 5.95 Å². The lowest BCUT2D eigenvalue weighted by molar-refractivity contribution is -0.145. The fourth-order valence-electron chi connectivity index (χ4n) is 3.21. The molecule has 0 aliphatic heterocycles. The van der Waals surface area contributed by atoms with Crippen LogP contribution >= 0.6 is 0 Å². The molecule has 8 heteroatoms. The van der Waals surface area contributed by atoms with Gasteiger partial charge in [-0.05, 0) is 12.3 Å². The summed E-state index contributed by atoms with van der Waals surface area (Å²) in [6.07, 6.45) is 3.58. The maximum Gasteiger partial charge on any atom is 0.302 e. The third kappa shape index (κ3) is 2.34. The van der Waals surface area contributed by atoms with Crippen molar-refractivity contribution in [2.24, 2.45) is 11.8 Å². The van der Waals surface area contributed by atoms with Crippen molar-refractivity contribution in [3.05, 3.63) is 16.7 Å². The Bertz CT molecular complexity index is 765. The zero-order valence-corrected chi connectivity index (χ0v) is 12.6. The first-order valence-corrected chi connectivity index (χ1v) is 7.37. The van der Waals surface area contributed by atoms with Crippen molar-refractivity contribution in [2.75, 3.05) is 12.3 Å². The van der Waals surface area contributed by atoms with E-state index in [1.54, 1.807) is 6.33 Å². The molecule has 0 bridgehead atoms. The molecule has 1 saturated carbocycles. The predicted octanol–water partition coefficient (Wildman–Crippen LogP) is 0.852. The van der Waals surface area contributed by atoms with E-state index >= 15 is 0 Å². The van der Waals surface area contributed by atoms with E-state index in [0.717, 1.165) is 12.8 Å². The van der Waals surface area contributed by atoms with Crippen LogP contribution in [0.15, 0.2) is 11.1 Å². The summed E-state index contributed by atoms with van der Waals surface area (Å²) in [5.74, 6) is 0.478. The standard InChI is InChI=1S/C14H19N5O3/c1-3-8-4-10(9(8)5-22-7(2)20)19-6-16-11-12(19)17-14(15)18-13(11)21/h6,8-10H,3-5H2,1-2H3,(H3,15,17,18,21). The Balaban J connectivity index is 1.93. The number of rotatable bonds is 4. The van der Waals surface area contributed by atoms with Crippen LogP contribution in [0.25, 0.3) is 11.2 Å². The molecule has 2 aromatic heterocycles. The number of hydrogen-bond acceptors (Lipinski definition) is 6. The Kier molecular flexibility index (Phi) is 3.59. The van der Waals surface area contributed by atoms with Crippen molar-refractivity contribution < 1.29 is 9.53 Å². The van der Waals surface area contributed by atoms with Gasteiger partial charge in [-0.25, -0.2) is 4.98 Å². The maximum absolute atomic E-state index is 11.8. The van der Waals surface area contributed by atoms with Crippen LogP contribution in [0, 0.1) is 11.8 Å². The highest BCUT2D eigenvalue weighted by molar-refractivity contribution is 5.70. The third-order valence-electron chi connectivity index (χ3n) is 4.46. The van der Waals surface area contributed by atoms with Crippen LogP contribution in [0.3, 0.4) is 0 Å². The first kappa shape index (κ1) is 14.6. The van der Waals surface area contributed by atoms with Gasteiger partial charge in [0.1, 0.15) is 0 Å². The predicted molar refractivity (Wildman–Crippen MR) is 80.1 cm³/mol. The number of aromatic nitrogens is 4. The number of carbonyl (C=O) groups is 1. The van der Waals surface area contributed by atoms with Gasteiger partial charge in [-0.2, -0.15) is 4.98 Å². The molecule has 0 spiro atoms. The molecule has 0 aromatic carbocycles. The zero-order chi connectivity index (χ0) is 15.9. The molecule has 8 nitrogen and oxygen atoms in total. The number of imidazole rings is 1. The first-order valence-electron chi connectivity index (χ1n) is 7.37. The Labute approximate surface area is 126 Å². The van der Waals surface area contributed by atoms with E-state index < -0.39 is 0 Å². The van der Waals surface area contributed by atoms with Gasteiger partial charge in [0.2, 0.25) is 5.95 Å². The van der Waals surface area contributed by atoms with E-state index in [-0.39, 0.29) is 35.0 Å². The van der Waals surface area contributed by atoms with Gasteiger partial charge in [-0.3, -0.25) is 14.6 Å². The van der Waals surface area contributed by atoms with Gasteiger partial charge < -0.3 is 15.0 Å². The Morgan fingerprint density at radius 1 is 1.59 bits per heavy atom. The number of anilines is 1. The highest BCUT2D eigenvalue weighted by Gasteiger charge is 2.42. The average Bonchev–Trinajstić information content (AvgIpc) is 2.82. The summed E-state index contributed by atoms with van der Waals surface area (Å²) in [7, 11) is 0. The quantitative estimate of drug-likeness (QED) is 0.809. The Morgan fingerprint density at radius 2 is 2.36 bits per heavy atom. The SMILES string of the molecule is CCC1CC(n2cnc3c(=O)[nH]c(N)nc32)C1COC(C)=O. The smallest absolute Gasteiger partial charge is 0.302 e. The number of nitrogen functional groups attached to an aromatic ring is 1. The molecule has 118 valence electrons. The second-order valence-corrected chi connectivity index (χ2v) is 5.71. The summed E-state index contributed by atoms with van der Waals surface area (Å²) in [6, 6.07) is 0.114. The van der Waals surface area contributed by atoms with E-state index in [9.17, 15) is 9.59 Å². The minimum atomic E-state index is -0.343. The summed E-state index contributed by atoms with van der Waals surface area (Å²) in [4.78, 5) is 33.7. The number of nitrogens with two attached hydrogens (primary N) is 1. The molecular formula is C14H19N5O3. The number of H-pyrrole nitrogens is 1. The molecule has 0 radical (unpaired) electrons. The van der Waals surface area contributed by atoms with Gasteiger partial charge in [-0.15, -0.1) is 0 Å². The Morgan fingerprint density at radius 3 is 3.05 bits per heavy atom. The third-order valence-corrected chi connectivity index (χ3v) is 4.46. The summed E-state index contributed by atoms with van der Waals surface area (Å²) in [5.41, 5.74) is 6.04. The van der Waals surface area contributed by atoms with Gasteiger partial charge >= 0.3 is 5.97 Å². The number of nitrogens with zero attached hydrogens (tertiary/aromatic N) is 3. The van der Waals surface area contributed by atoms with Crippen molar-refractivity contribution >= 4 is 23.1 Å². The van der Waals surface area contributed by atoms with Crippen molar-refractivity contribution in [2.45, 2.75) is 32.7 Å². The fraction of sp³-hybridized carbons (Fsp3) is 0.571. The van der Waals surface area contributed by atoms with E-state index in [1.165, 1.54) is 6.92 Å². The molecule has 1 aliphatic rings. The van der Waals surface area contributed by atoms with Crippen LogP contribution in [0.1, 0.15) is 32.7 Å². The number of nitrogens with one attached hydrogen (secondary N) is 1. The van der Waals surface area contributed by atoms with Crippen molar-refractivity contribution in [1.29, 1.82) is 0 Å². The molecule has 3 rings (SSSR count). The van der Waals surface area contributed by atoms with Crippen molar-refractivity contribution in [1.82, 2.24) is 19.5 Å². The lowest BCUT2D eigenvalue weighted by atomic mass is 9.68. The average molecular weight is 305 g/mol. The van der Waals surface area contributed by atoms with Gasteiger partial charge in [0, 0.05) is 18.9 Å². The van der Waals surface area contributed by atoms with Crippen LogP contribution in [-0.4, -0.2) is 32.1 Å². The number of hydrogen-bond donors (Lipinski definition) is 2. The maximum atomic E-state index is 11.8. The van der Waals surface area contributed by atoms with Crippen LogP contribution in [0.2, 0.25) is 0 Å². The van der Waals surface area contributed by atoms with E-state index in [1.807, 2.05) is 4.57 Å². The van der Waals surface area contributed by atoms with Crippen LogP contribution in [-0.2, 0) is 9.53 Å². The molecule has 1 fully saturated rings. The topological polar surface area (TPSA) is 116 Å². The highest BCUT2D eigenvalue weighted by Crippen LogP contribution is 2.46. The van der Waals surface area contributed by atoms with Gasteiger partial charge in [0.25, 0.3) is 5.56 Å². The molecule has 3 atom stereocenters. The number of ether oxygens (including phenoxy) is 1. The van der Waals surface area contributed by atoms with E-state index in [4.69, 9.17) is 10.5 Å². The minimum Gasteiger partial charge on any atom is -0.465 e. The van der Waals surface area contributed by atoms with Crippen LogP contribution in [0.5, 0.6) is 0 Å². The number of esters is 1. The number of fused-ring (bicyclic) bond motifs is 1. The molecular weight excluding hydrogens is 286 g/mol. The first-order chi connectivity index (χ1) is 10.5. The minimum absolute atomic E-state index is 0.0714. The van der Waals surface area contributed by atoms with Crippen molar-refractivity contribution in [3.63, 3.8) is 0 Å². The molecule has 3 unspecified atom stereocenters. The van der Waals surface area contributed by atoms with E-state index in [0.29, 0.717) is 18.2 Å². The number of aromatic amines is 1. The van der Waals surface area contributed by atoms with Crippen molar-refractivity contribution in [3.8, 4) is 0 Å². The molecule has 0 saturated heterocycles. The largest absolute Gasteiger partial charge is 0.465 e. The van der Waals surface area contributed by atoms with Crippen LogP contribution < -0.4 is 11.3 Å². The number of carbonyl (C=O) groups excluding carboxylic acids is 1.